The standard InChI is InChI=1S/C18H19N3O4/c1-24-12-7-5-11(6-8-12)13-10-15(13)21-17(23)16(22)20-14-4-3-9-19-18(14)25-2/h3-9,13,15H,10H2,1-2H3,(H,20,22)(H,21,23). The van der Waals surface area contributed by atoms with Crippen LogP contribution in [-0.4, -0.2) is 37.1 Å². The fourth-order valence-corrected chi connectivity index (χ4v) is 2.64. The molecule has 1 fully saturated rings. The molecular weight excluding hydrogens is 322 g/mol. The van der Waals surface area contributed by atoms with Gasteiger partial charge in [-0.1, -0.05) is 12.1 Å². The van der Waals surface area contributed by atoms with Crippen LogP contribution < -0.4 is 20.1 Å². The molecule has 0 saturated heterocycles. The van der Waals surface area contributed by atoms with Gasteiger partial charge >= 0.3 is 11.8 Å². The summed E-state index contributed by atoms with van der Waals surface area (Å²) in [5.41, 5.74) is 1.47. The maximum absolute atomic E-state index is 12.1. The number of methoxy groups -OCH3 is 2. The number of nitrogens with one attached hydrogen (secondary N) is 2. The van der Waals surface area contributed by atoms with Crippen molar-refractivity contribution < 1.29 is 19.1 Å². The van der Waals surface area contributed by atoms with E-state index >= 15 is 0 Å². The molecule has 7 heteroatoms. The molecule has 130 valence electrons. The maximum Gasteiger partial charge on any atom is 0.313 e. The first-order chi connectivity index (χ1) is 12.1. The highest BCUT2D eigenvalue weighted by Crippen LogP contribution is 2.41. The molecule has 0 aliphatic heterocycles. The van der Waals surface area contributed by atoms with E-state index < -0.39 is 11.8 Å². The lowest BCUT2D eigenvalue weighted by Crippen LogP contribution is -2.37. The van der Waals surface area contributed by atoms with E-state index in [2.05, 4.69) is 15.6 Å². The number of pyridine rings is 1. The Bertz CT molecular complexity index is 776. The van der Waals surface area contributed by atoms with Gasteiger partial charge in [0.25, 0.3) is 0 Å². The van der Waals surface area contributed by atoms with Gasteiger partial charge in [-0.15, -0.1) is 0 Å². The summed E-state index contributed by atoms with van der Waals surface area (Å²) in [7, 11) is 3.06. The van der Waals surface area contributed by atoms with Crippen LogP contribution in [0.3, 0.4) is 0 Å². The minimum atomic E-state index is -0.744. The van der Waals surface area contributed by atoms with Crippen LogP contribution in [0.2, 0.25) is 0 Å². The smallest absolute Gasteiger partial charge is 0.313 e. The first kappa shape index (κ1) is 16.8. The van der Waals surface area contributed by atoms with Crippen LogP contribution in [0.4, 0.5) is 5.69 Å². The summed E-state index contributed by atoms with van der Waals surface area (Å²) < 4.78 is 10.2. The van der Waals surface area contributed by atoms with Crippen LogP contribution in [0, 0.1) is 0 Å². The highest BCUT2D eigenvalue weighted by molar-refractivity contribution is 6.39. The molecule has 1 aromatic heterocycles. The molecule has 1 saturated carbocycles. The van der Waals surface area contributed by atoms with Gasteiger partial charge < -0.3 is 20.1 Å². The molecule has 0 radical (unpaired) electrons. The first-order valence-corrected chi connectivity index (χ1v) is 7.87. The summed E-state index contributed by atoms with van der Waals surface area (Å²) in [5, 5.41) is 5.25. The summed E-state index contributed by atoms with van der Waals surface area (Å²) in [4.78, 5) is 28.1. The Morgan fingerprint density at radius 1 is 1.08 bits per heavy atom. The number of amides is 2. The predicted molar refractivity (Wildman–Crippen MR) is 91.7 cm³/mol. The van der Waals surface area contributed by atoms with E-state index in [0.29, 0.717) is 5.69 Å². The fraction of sp³-hybridized carbons (Fsp3) is 0.278. The van der Waals surface area contributed by atoms with Crippen LogP contribution in [0.1, 0.15) is 17.9 Å². The number of ether oxygens (including phenoxy) is 2. The van der Waals surface area contributed by atoms with Crippen LogP contribution in [0.15, 0.2) is 42.6 Å². The second-order valence-corrected chi connectivity index (χ2v) is 5.71. The lowest BCUT2D eigenvalue weighted by molar-refractivity contribution is -0.136. The van der Waals surface area contributed by atoms with E-state index in [1.54, 1.807) is 19.2 Å². The van der Waals surface area contributed by atoms with Crippen LogP contribution in [0.25, 0.3) is 0 Å². The summed E-state index contributed by atoms with van der Waals surface area (Å²) in [6.07, 6.45) is 2.35. The van der Waals surface area contributed by atoms with Gasteiger partial charge in [-0.3, -0.25) is 9.59 Å². The molecule has 0 bridgehead atoms. The number of aromatic nitrogens is 1. The average molecular weight is 341 g/mol. The van der Waals surface area contributed by atoms with Crippen molar-refractivity contribution in [3.63, 3.8) is 0 Å². The number of benzene rings is 1. The van der Waals surface area contributed by atoms with Gasteiger partial charge in [-0.25, -0.2) is 4.98 Å². The number of carbonyl (C=O) groups is 2. The molecule has 0 spiro atoms. The highest BCUT2D eigenvalue weighted by Gasteiger charge is 2.40. The Morgan fingerprint density at radius 3 is 2.52 bits per heavy atom. The molecule has 3 rings (SSSR count). The molecule has 1 aliphatic rings. The van der Waals surface area contributed by atoms with Crippen molar-refractivity contribution in [2.45, 2.75) is 18.4 Å². The van der Waals surface area contributed by atoms with Gasteiger partial charge in [0.05, 0.1) is 14.2 Å². The average Bonchev–Trinajstić information content (AvgIpc) is 3.41. The third-order valence-corrected chi connectivity index (χ3v) is 4.07. The molecule has 1 heterocycles. The maximum atomic E-state index is 12.1. The molecule has 1 aromatic carbocycles. The molecule has 7 nitrogen and oxygen atoms in total. The Labute approximate surface area is 145 Å². The minimum Gasteiger partial charge on any atom is -0.497 e. The number of hydrogen-bond donors (Lipinski definition) is 2. The van der Waals surface area contributed by atoms with E-state index in [1.807, 2.05) is 24.3 Å². The summed E-state index contributed by atoms with van der Waals surface area (Å²) in [5.74, 6) is -0.157. The van der Waals surface area contributed by atoms with E-state index in [4.69, 9.17) is 9.47 Å². The Hall–Kier alpha value is -3.09. The largest absolute Gasteiger partial charge is 0.497 e. The lowest BCUT2D eigenvalue weighted by Gasteiger charge is -2.09. The van der Waals surface area contributed by atoms with E-state index in [9.17, 15) is 9.59 Å². The van der Waals surface area contributed by atoms with Gasteiger partial charge in [0.1, 0.15) is 11.4 Å². The van der Waals surface area contributed by atoms with Gasteiger partial charge in [-0.05, 0) is 36.2 Å². The van der Waals surface area contributed by atoms with Gasteiger partial charge in [0, 0.05) is 18.2 Å². The zero-order chi connectivity index (χ0) is 17.8. The summed E-state index contributed by atoms with van der Waals surface area (Å²) >= 11 is 0. The highest BCUT2D eigenvalue weighted by atomic mass is 16.5. The molecule has 2 unspecified atom stereocenters. The van der Waals surface area contributed by atoms with E-state index in [1.165, 1.54) is 13.3 Å². The Kier molecular flexibility index (Phi) is 4.83. The van der Waals surface area contributed by atoms with Crippen molar-refractivity contribution in [2.24, 2.45) is 0 Å². The Balaban J connectivity index is 1.55. The third-order valence-electron chi connectivity index (χ3n) is 4.07. The van der Waals surface area contributed by atoms with Gasteiger partial charge in [-0.2, -0.15) is 0 Å². The second kappa shape index (κ2) is 7.21. The normalized spacial score (nSPS) is 18.2. The van der Waals surface area contributed by atoms with E-state index in [-0.39, 0.29) is 17.8 Å². The monoisotopic (exact) mass is 341 g/mol. The second-order valence-electron chi connectivity index (χ2n) is 5.71. The van der Waals surface area contributed by atoms with Gasteiger partial charge in [0.15, 0.2) is 0 Å². The zero-order valence-corrected chi connectivity index (χ0v) is 14.0. The molecule has 2 N–H and O–H groups in total. The summed E-state index contributed by atoms with van der Waals surface area (Å²) in [6, 6.07) is 10.9. The SMILES string of the molecule is COc1ccc(C2CC2NC(=O)C(=O)Nc2cccnc2OC)cc1. The van der Waals surface area contributed by atoms with Crippen LogP contribution in [-0.2, 0) is 9.59 Å². The molecule has 2 amide bonds. The number of carbonyl (C=O) groups excluding carboxylic acids is 2. The van der Waals surface area contributed by atoms with Crippen LogP contribution >= 0.6 is 0 Å². The number of anilines is 1. The number of hydrogen-bond acceptors (Lipinski definition) is 5. The van der Waals surface area contributed by atoms with Crippen LogP contribution in [0.5, 0.6) is 11.6 Å². The van der Waals surface area contributed by atoms with Crippen molar-refractivity contribution in [3.8, 4) is 11.6 Å². The Morgan fingerprint density at radius 2 is 1.84 bits per heavy atom. The van der Waals surface area contributed by atoms with Crippen molar-refractivity contribution in [1.29, 1.82) is 0 Å². The predicted octanol–water partition coefficient (Wildman–Crippen LogP) is 1.71. The topological polar surface area (TPSA) is 89.5 Å². The van der Waals surface area contributed by atoms with Crippen molar-refractivity contribution in [1.82, 2.24) is 10.3 Å². The lowest BCUT2D eigenvalue weighted by atomic mass is 10.1. The molecule has 2 atom stereocenters. The van der Waals surface area contributed by atoms with Crippen molar-refractivity contribution >= 4 is 17.5 Å². The van der Waals surface area contributed by atoms with Gasteiger partial charge in [0.2, 0.25) is 5.88 Å². The van der Waals surface area contributed by atoms with Crippen molar-refractivity contribution in [2.75, 3.05) is 19.5 Å². The molecular formula is C18H19N3O4. The van der Waals surface area contributed by atoms with Crippen molar-refractivity contribution in [3.05, 3.63) is 48.2 Å². The molecule has 2 aromatic rings. The quantitative estimate of drug-likeness (QED) is 0.808. The fourth-order valence-electron chi connectivity index (χ4n) is 2.64. The zero-order valence-electron chi connectivity index (χ0n) is 14.0. The summed E-state index contributed by atoms with van der Waals surface area (Å²) in [6.45, 7) is 0. The first-order valence-electron chi connectivity index (χ1n) is 7.87. The number of rotatable bonds is 5. The molecule has 1 aliphatic carbocycles. The number of nitrogens with zero attached hydrogens (tertiary/aromatic N) is 1. The molecule has 25 heavy (non-hydrogen) atoms. The third kappa shape index (κ3) is 3.88. The van der Waals surface area contributed by atoms with E-state index in [0.717, 1.165) is 17.7 Å². The minimum absolute atomic E-state index is 0.0394.